The molecule has 0 aliphatic rings. The molecule has 1 unspecified atom stereocenters. The van der Waals surface area contributed by atoms with Gasteiger partial charge in [0, 0.05) is 24.6 Å². The molecule has 0 aliphatic carbocycles. The fourth-order valence-electron chi connectivity index (χ4n) is 2.09. The summed E-state index contributed by atoms with van der Waals surface area (Å²) >= 11 is 8.68. The minimum absolute atomic E-state index is 0.705. The summed E-state index contributed by atoms with van der Waals surface area (Å²) in [4.78, 5) is 0.736. The lowest BCUT2D eigenvalue weighted by molar-refractivity contribution is 0.501. The summed E-state index contributed by atoms with van der Waals surface area (Å²) < 4.78 is 17.7. The van der Waals surface area contributed by atoms with Crippen LogP contribution in [0.2, 0.25) is 0 Å². The van der Waals surface area contributed by atoms with Crippen LogP contribution in [0.3, 0.4) is 0 Å². The Morgan fingerprint density at radius 3 is 2.14 bits per heavy atom. The summed E-state index contributed by atoms with van der Waals surface area (Å²) in [6.07, 6.45) is 6.02. The summed E-state index contributed by atoms with van der Waals surface area (Å²) in [5.74, 6) is 1.95. The van der Waals surface area contributed by atoms with Crippen molar-refractivity contribution in [3.05, 3.63) is 0 Å². The molecular weight excluding hydrogens is 351 g/mol. The number of hydrogen-bond donors (Lipinski definition) is 0. The lowest BCUT2D eigenvalue weighted by atomic mass is 10.2. The van der Waals surface area contributed by atoms with Crippen molar-refractivity contribution in [2.24, 2.45) is 0 Å². The van der Waals surface area contributed by atoms with Crippen LogP contribution in [-0.2, 0) is 4.57 Å². The van der Waals surface area contributed by atoms with Gasteiger partial charge in [-0.25, -0.2) is 0 Å². The Labute approximate surface area is 151 Å². The van der Waals surface area contributed by atoms with E-state index in [0.29, 0.717) is 6.54 Å². The van der Waals surface area contributed by atoms with Crippen LogP contribution in [0.5, 0.6) is 0 Å². The standard InChI is InChI=1S/C15H33N2OPS3/c1-6-10-11-12-14-21-17(9-4)19(18,22-13-7-2)16(8-3)15(5)20/h6-14H2,1-5H3. The van der Waals surface area contributed by atoms with Crippen LogP contribution in [0.1, 0.15) is 66.7 Å². The van der Waals surface area contributed by atoms with Crippen molar-refractivity contribution >= 4 is 47.2 Å². The van der Waals surface area contributed by atoms with Crippen LogP contribution in [0.15, 0.2) is 0 Å². The first kappa shape index (κ1) is 22.8. The van der Waals surface area contributed by atoms with Crippen molar-refractivity contribution in [1.29, 1.82) is 0 Å². The number of hydrogen-bond acceptors (Lipinski definition) is 4. The second-order valence-corrected chi connectivity index (χ2v) is 11.9. The molecule has 22 heavy (non-hydrogen) atoms. The normalized spacial score (nSPS) is 14.1. The van der Waals surface area contributed by atoms with Crippen molar-refractivity contribution in [2.45, 2.75) is 66.7 Å². The number of nitrogens with zero attached hydrogens (tertiary/aromatic N) is 2. The monoisotopic (exact) mass is 384 g/mol. The molecule has 0 rings (SSSR count). The molecule has 0 heterocycles. The molecule has 0 saturated carbocycles. The molecule has 7 heteroatoms. The van der Waals surface area contributed by atoms with E-state index in [9.17, 15) is 4.57 Å². The Morgan fingerprint density at radius 1 is 1.00 bits per heavy atom. The van der Waals surface area contributed by atoms with Gasteiger partial charge >= 0.3 is 6.65 Å². The van der Waals surface area contributed by atoms with Crippen LogP contribution < -0.4 is 0 Å². The van der Waals surface area contributed by atoms with Crippen LogP contribution in [0.4, 0.5) is 0 Å². The average molecular weight is 385 g/mol. The van der Waals surface area contributed by atoms with Crippen LogP contribution in [0.25, 0.3) is 0 Å². The molecule has 0 amide bonds. The van der Waals surface area contributed by atoms with Gasteiger partial charge in [0.25, 0.3) is 0 Å². The maximum absolute atomic E-state index is 13.7. The van der Waals surface area contributed by atoms with Gasteiger partial charge in [-0.05, 0) is 26.7 Å². The van der Waals surface area contributed by atoms with Gasteiger partial charge in [0.2, 0.25) is 0 Å². The van der Waals surface area contributed by atoms with Crippen molar-refractivity contribution in [1.82, 2.24) is 8.75 Å². The highest BCUT2D eigenvalue weighted by atomic mass is 32.7. The minimum atomic E-state index is -2.66. The topological polar surface area (TPSA) is 23.6 Å². The highest BCUT2D eigenvalue weighted by Gasteiger charge is 2.37. The summed E-state index contributed by atoms with van der Waals surface area (Å²) in [7, 11) is 0. The predicted molar refractivity (Wildman–Crippen MR) is 110 cm³/mol. The molecule has 0 fully saturated rings. The average Bonchev–Trinajstić information content (AvgIpc) is 2.49. The summed E-state index contributed by atoms with van der Waals surface area (Å²) in [5.41, 5.74) is 0. The van der Waals surface area contributed by atoms with E-state index in [1.165, 1.54) is 25.7 Å². The second-order valence-electron chi connectivity index (χ2n) is 5.12. The Morgan fingerprint density at radius 2 is 1.68 bits per heavy atom. The van der Waals surface area contributed by atoms with Crippen molar-refractivity contribution < 1.29 is 4.57 Å². The predicted octanol–water partition coefficient (Wildman–Crippen LogP) is 6.46. The van der Waals surface area contributed by atoms with Crippen LogP contribution in [0, 0.1) is 0 Å². The van der Waals surface area contributed by atoms with Gasteiger partial charge in [-0.2, -0.15) is 4.08 Å². The van der Waals surface area contributed by atoms with E-state index in [4.69, 9.17) is 12.2 Å². The number of thiocarbonyl (C=S) groups is 1. The van der Waals surface area contributed by atoms with Gasteiger partial charge in [-0.3, -0.25) is 9.24 Å². The molecule has 0 radical (unpaired) electrons. The summed E-state index contributed by atoms with van der Waals surface area (Å²) in [6.45, 7) is 9.19. The fourth-order valence-corrected chi connectivity index (χ4v) is 10.5. The first-order valence-corrected chi connectivity index (χ1v) is 13.0. The van der Waals surface area contributed by atoms with E-state index in [0.717, 1.165) is 29.5 Å². The quantitative estimate of drug-likeness (QED) is 0.156. The number of unbranched alkanes of at least 4 members (excludes halogenated alkanes) is 3. The fraction of sp³-hybridized carbons (Fsp3) is 0.933. The largest absolute Gasteiger partial charge is 0.305 e. The Bertz CT molecular complexity index is 356. The third-order valence-electron chi connectivity index (χ3n) is 3.22. The molecular formula is C15H33N2OPS3. The zero-order valence-corrected chi connectivity index (χ0v) is 18.2. The second kappa shape index (κ2) is 13.1. The molecule has 3 nitrogen and oxygen atoms in total. The minimum Gasteiger partial charge on any atom is -0.297 e. The lowest BCUT2D eigenvalue weighted by Gasteiger charge is -2.37. The Hall–Kier alpha value is 0.780. The van der Waals surface area contributed by atoms with Crippen molar-refractivity contribution in [3.63, 3.8) is 0 Å². The van der Waals surface area contributed by atoms with Crippen LogP contribution >= 0.6 is 42.2 Å². The molecule has 0 N–H and O–H groups in total. The van der Waals surface area contributed by atoms with Gasteiger partial charge in [0.1, 0.15) is 0 Å². The summed E-state index contributed by atoms with van der Waals surface area (Å²) in [6, 6.07) is 0. The molecule has 0 spiro atoms. The molecule has 0 aromatic carbocycles. The zero-order valence-electron chi connectivity index (χ0n) is 14.8. The zero-order chi connectivity index (χ0) is 17.0. The Balaban J connectivity index is 4.93. The molecule has 1 atom stereocenters. The van der Waals surface area contributed by atoms with Gasteiger partial charge in [0.15, 0.2) is 0 Å². The lowest BCUT2D eigenvalue weighted by Crippen LogP contribution is -2.30. The third kappa shape index (κ3) is 7.57. The maximum Gasteiger partial charge on any atom is 0.305 e. The van der Waals surface area contributed by atoms with E-state index >= 15 is 0 Å². The van der Waals surface area contributed by atoms with Crippen molar-refractivity contribution in [3.8, 4) is 0 Å². The smallest absolute Gasteiger partial charge is 0.297 e. The molecule has 132 valence electrons. The van der Waals surface area contributed by atoms with Gasteiger partial charge in [-0.1, -0.05) is 75.6 Å². The summed E-state index contributed by atoms with van der Waals surface area (Å²) in [5, 5.41) is 0. The third-order valence-corrected chi connectivity index (χ3v) is 11.6. The molecule has 0 saturated heterocycles. The Kier molecular flexibility index (Phi) is 13.6. The SMILES string of the molecule is CCCCCCSN(CC)P(=O)(SCCC)N(CC)C(C)=S. The maximum atomic E-state index is 13.7. The molecule has 0 bridgehead atoms. The van der Waals surface area contributed by atoms with Gasteiger partial charge in [0.05, 0.1) is 4.99 Å². The highest BCUT2D eigenvalue weighted by Crippen LogP contribution is 2.66. The van der Waals surface area contributed by atoms with Crippen molar-refractivity contribution in [2.75, 3.05) is 24.6 Å². The highest BCUT2D eigenvalue weighted by molar-refractivity contribution is 8.58. The van der Waals surface area contributed by atoms with E-state index < -0.39 is 6.65 Å². The molecule has 0 aromatic rings. The van der Waals surface area contributed by atoms with E-state index in [2.05, 4.69) is 24.8 Å². The molecule has 0 aromatic heterocycles. The molecule has 0 aliphatic heterocycles. The van der Waals surface area contributed by atoms with E-state index in [-0.39, 0.29) is 0 Å². The van der Waals surface area contributed by atoms with E-state index in [1.54, 1.807) is 23.3 Å². The van der Waals surface area contributed by atoms with Gasteiger partial charge < -0.3 is 0 Å². The van der Waals surface area contributed by atoms with Crippen LogP contribution in [-0.4, -0.2) is 38.3 Å². The van der Waals surface area contributed by atoms with E-state index in [1.807, 2.05) is 18.5 Å². The first-order chi connectivity index (χ1) is 10.5. The first-order valence-electron chi connectivity index (χ1n) is 8.41. The van der Waals surface area contributed by atoms with Gasteiger partial charge in [-0.15, -0.1) is 0 Å². The number of rotatable bonds is 13.